The second-order valence-corrected chi connectivity index (χ2v) is 4.02. The Balaban J connectivity index is 2.75. The number of hydrogen-bond donors (Lipinski definition) is 3. The quantitative estimate of drug-likeness (QED) is 0.729. The number of carbonyl (C=O) groups is 2. The number of aliphatic carboxylic acids is 1. The molecule has 8 heteroatoms. The van der Waals surface area contributed by atoms with Crippen molar-refractivity contribution >= 4 is 17.7 Å². The number of hydrogen-bond acceptors (Lipinski definition) is 2. The van der Waals surface area contributed by atoms with Gasteiger partial charge in [0.15, 0.2) is 11.6 Å². The van der Waals surface area contributed by atoms with Crippen LogP contribution in [0.4, 0.5) is 23.7 Å². The number of urea groups is 1. The highest BCUT2D eigenvalue weighted by molar-refractivity contribution is 5.92. The predicted molar refractivity (Wildman–Crippen MR) is 64.8 cm³/mol. The summed E-state index contributed by atoms with van der Waals surface area (Å²) in [4.78, 5) is 22.3. The normalized spacial score (nSPS) is 11.8. The van der Waals surface area contributed by atoms with Crippen molar-refractivity contribution in [3.05, 3.63) is 29.6 Å². The summed E-state index contributed by atoms with van der Waals surface area (Å²) in [5.74, 6) is -5.12. The molecule has 110 valence electrons. The third kappa shape index (κ3) is 4.15. The van der Waals surface area contributed by atoms with E-state index in [0.717, 1.165) is 0 Å². The Bertz CT molecular complexity index is 523. The van der Waals surface area contributed by atoms with Gasteiger partial charge in [0.1, 0.15) is 11.9 Å². The van der Waals surface area contributed by atoms with Crippen LogP contribution in [0.15, 0.2) is 12.1 Å². The van der Waals surface area contributed by atoms with Crippen molar-refractivity contribution in [3.8, 4) is 0 Å². The third-order valence-corrected chi connectivity index (χ3v) is 2.44. The van der Waals surface area contributed by atoms with E-state index in [1.807, 2.05) is 5.32 Å². The van der Waals surface area contributed by atoms with Gasteiger partial charge in [-0.3, -0.25) is 0 Å². The molecule has 1 atom stereocenters. The van der Waals surface area contributed by atoms with Crippen LogP contribution < -0.4 is 10.6 Å². The summed E-state index contributed by atoms with van der Waals surface area (Å²) in [6, 6.07) is -1.41. The zero-order chi connectivity index (χ0) is 15.3. The maximum absolute atomic E-state index is 13.3. The highest BCUT2D eigenvalue weighted by Crippen LogP contribution is 2.18. The van der Waals surface area contributed by atoms with E-state index in [2.05, 4.69) is 5.32 Å². The first kappa shape index (κ1) is 15.8. The molecule has 2 amide bonds. The van der Waals surface area contributed by atoms with Crippen molar-refractivity contribution in [2.24, 2.45) is 0 Å². The molecule has 1 rings (SSSR count). The monoisotopic (exact) mass is 290 g/mol. The average molecular weight is 290 g/mol. The predicted octanol–water partition coefficient (Wildman–Crippen LogP) is 2.48. The van der Waals surface area contributed by atoms with Crippen LogP contribution in [0, 0.1) is 17.5 Å². The molecule has 1 aromatic carbocycles. The van der Waals surface area contributed by atoms with Gasteiger partial charge in [-0.05, 0) is 6.42 Å². The number of halogens is 3. The highest BCUT2D eigenvalue weighted by atomic mass is 19.2. The van der Waals surface area contributed by atoms with Gasteiger partial charge in [-0.2, -0.15) is 0 Å². The fourth-order valence-corrected chi connectivity index (χ4v) is 1.48. The summed E-state index contributed by atoms with van der Waals surface area (Å²) < 4.78 is 38.9. The number of amides is 2. The second kappa shape index (κ2) is 6.78. The number of carboxylic acid groups (broad SMARTS) is 1. The lowest BCUT2D eigenvalue weighted by Crippen LogP contribution is -2.43. The van der Waals surface area contributed by atoms with Crippen LogP contribution in [0.2, 0.25) is 0 Å². The maximum atomic E-state index is 13.3. The fourth-order valence-electron chi connectivity index (χ4n) is 1.48. The standard InChI is InChI=1S/C12H13F3N2O3/c1-2-3-9(11(18)19)16-12(20)17-10-5-7(14)6(13)4-8(10)15/h4-5,9H,2-3H2,1H3,(H,18,19)(H2,16,17,20)/t9-/m1/s1. The topological polar surface area (TPSA) is 78.4 Å². The lowest BCUT2D eigenvalue weighted by atomic mass is 10.2. The minimum Gasteiger partial charge on any atom is -0.480 e. The SMILES string of the molecule is CCC[C@@H](NC(=O)Nc1cc(F)c(F)cc1F)C(=O)O. The first-order chi connectivity index (χ1) is 9.35. The molecule has 0 aromatic heterocycles. The lowest BCUT2D eigenvalue weighted by molar-refractivity contribution is -0.139. The van der Waals surface area contributed by atoms with Gasteiger partial charge in [0.25, 0.3) is 0 Å². The molecule has 0 aliphatic rings. The van der Waals surface area contributed by atoms with Crippen molar-refractivity contribution < 1.29 is 27.9 Å². The molecule has 3 N–H and O–H groups in total. The first-order valence-corrected chi connectivity index (χ1v) is 5.80. The van der Waals surface area contributed by atoms with Gasteiger partial charge in [-0.25, -0.2) is 22.8 Å². The van der Waals surface area contributed by atoms with E-state index in [0.29, 0.717) is 12.5 Å². The van der Waals surface area contributed by atoms with Crippen molar-refractivity contribution in [2.45, 2.75) is 25.8 Å². The molecule has 0 aliphatic carbocycles. The van der Waals surface area contributed by atoms with E-state index < -0.39 is 41.2 Å². The molecule has 0 radical (unpaired) electrons. The summed E-state index contributed by atoms with van der Waals surface area (Å²) in [5, 5.41) is 12.8. The zero-order valence-electron chi connectivity index (χ0n) is 10.5. The molecule has 0 spiro atoms. The fraction of sp³-hybridized carbons (Fsp3) is 0.333. The Hall–Kier alpha value is -2.25. The van der Waals surface area contributed by atoms with E-state index in [9.17, 15) is 22.8 Å². The number of nitrogens with one attached hydrogen (secondary N) is 2. The Morgan fingerprint density at radius 3 is 2.35 bits per heavy atom. The molecule has 0 saturated carbocycles. The Kier molecular flexibility index (Phi) is 5.36. The number of anilines is 1. The molecule has 0 saturated heterocycles. The van der Waals surface area contributed by atoms with Gasteiger partial charge >= 0.3 is 12.0 Å². The van der Waals surface area contributed by atoms with E-state index in [1.165, 1.54) is 0 Å². The maximum Gasteiger partial charge on any atom is 0.326 e. The Labute approximate surface area is 112 Å². The van der Waals surface area contributed by atoms with Crippen LogP contribution in [0.25, 0.3) is 0 Å². The van der Waals surface area contributed by atoms with E-state index in [4.69, 9.17) is 5.11 Å². The summed E-state index contributed by atoms with van der Waals surface area (Å²) in [5.41, 5.74) is -0.581. The molecular weight excluding hydrogens is 277 g/mol. The van der Waals surface area contributed by atoms with E-state index >= 15 is 0 Å². The summed E-state index contributed by atoms with van der Waals surface area (Å²) in [7, 11) is 0. The number of rotatable bonds is 5. The van der Waals surface area contributed by atoms with Gasteiger partial charge in [0, 0.05) is 12.1 Å². The number of carbonyl (C=O) groups excluding carboxylic acids is 1. The van der Waals surface area contributed by atoms with Gasteiger partial charge in [0.05, 0.1) is 5.69 Å². The van der Waals surface area contributed by atoms with Gasteiger partial charge < -0.3 is 15.7 Å². The number of benzene rings is 1. The molecule has 0 aliphatic heterocycles. The van der Waals surface area contributed by atoms with Crippen molar-refractivity contribution in [1.29, 1.82) is 0 Å². The third-order valence-electron chi connectivity index (χ3n) is 2.44. The van der Waals surface area contributed by atoms with Crippen LogP contribution >= 0.6 is 0 Å². The molecular formula is C12H13F3N2O3. The summed E-state index contributed by atoms with van der Waals surface area (Å²) >= 11 is 0. The average Bonchev–Trinajstić information content (AvgIpc) is 2.35. The van der Waals surface area contributed by atoms with Crippen LogP contribution in [0.1, 0.15) is 19.8 Å². The van der Waals surface area contributed by atoms with Crippen LogP contribution in [0.5, 0.6) is 0 Å². The van der Waals surface area contributed by atoms with Gasteiger partial charge in [-0.15, -0.1) is 0 Å². The smallest absolute Gasteiger partial charge is 0.326 e. The molecule has 0 bridgehead atoms. The van der Waals surface area contributed by atoms with E-state index in [-0.39, 0.29) is 12.5 Å². The minimum absolute atomic E-state index is 0.184. The molecule has 0 fully saturated rings. The van der Waals surface area contributed by atoms with Gasteiger partial charge in [0.2, 0.25) is 0 Å². The van der Waals surface area contributed by atoms with Crippen LogP contribution in [0.3, 0.4) is 0 Å². The van der Waals surface area contributed by atoms with Gasteiger partial charge in [-0.1, -0.05) is 13.3 Å². The second-order valence-electron chi connectivity index (χ2n) is 4.02. The minimum atomic E-state index is -1.39. The molecule has 0 unspecified atom stereocenters. The highest BCUT2D eigenvalue weighted by Gasteiger charge is 2.20. The molecule has 5 nitrogen and oxygen atoms in total. The zero-order valence-corrected chi connectivity index (χ0v) is 10.5. The number of carboxylic acids is 1. The molecule has 20 heavy (non-hydrogen) atoms. The van der Waals surface area contributed by atoms with Crippen molar-refractivity contribution in [2.75, 3.05) is 5.32 Å². The Morgan fingerprint density at radius 1 is 1.20 bits per heavy atom. The van der Waals surface area contributed by atoms with Crippen LogP contribution in [-0.4, -0.2) is 23.1 Å². The lowest BCUT2D eigenvalue weighted by Gasteiger charge is -2.14. The molecule has 1 aromatic rings. The van der Waals surface area contributed by atoms with Crippen molar-refractivity contribution in [3.63, 3.8) is 0 Å². The van der Waals surface area contributed by atoms with Crippen molar-refractivity contribution in [1.82, 2.24) is 5.32 Å². The first-order valence-electron chi connectivity index (χ1n) is 5.80. The summed E-state index contributed by atoms with van der Waals surface area (Å²) in [6.07, 6.45) is 0.694. The summed E-state index contributed by atoms with van der Waals surface area (Å²) in [6.45, 7) is 1.73. The largest absolute Gasteiger partial charge is 0.480 e. The van der Waals surface area contributed by atoms with Crippen LogP contribution in [-0.2, 0) is 4.79 Å². The molecule has 0 heterocycles. The van der Waals surface area contributed by atoms with E-state index in [1.54, 1.807) is 6.92 Å². The Morgan fingerprint density at radius 2 is 1.80 bits per heavy atom.